The van der Waals surface area contributed by atoms with Gasteiger partial charge in [-0.15, -0.1) is 0 Å². The Morgan fingerprint density at radius 2 is 0.985 bits per heavy atom. The average Bonchev–Trinajstić information content (AvgIpc) is 4.01. The van der Waals surface area contributed by atoms with E-state index in [1.165, 1.54) is 127 Å². The van der Waals surface area contributed by atoms with Crippen LogP contribution in [0, 0.1) is 6.92 Å². The first-order chi connectivity index (χ1) is 31.8. The third kappa shape index (κ3) is 6.16. The molecule has 1 fully saturated rings. The Kier molecular flexibility index (Phi) is 9.28. The molecule has 0 saturated heterocycles. The van der Waals surface area contributed by atoms with Gasteiger partial charge in [0.1, 0.15) is 0 Å². The largest absolute Gasteiger partial charge is 0.341 e. The number of hydrogen-bond acceptors (Lipinski definition) is 3. The molecule has 8 aromatic rings. The van der Waals surface area contributed by atoms with Crippen molar-refractivity contribution in [2.45, 2.75) is 70.6 Å². The van der Waals surface area contributed by atoms with Crippen molar-refractivity contribution >= 4 is 57.7 Å². The highest BCUT2D eigenvalue weighted by atomic mass is 15.3. The molecule has 1 heterocycles. The van der Waals surface area contributed by atoms with Crippen molar-refractivity contribution in [3.05, 3.63) is 215 Å². The van der Waals surface area contributed by atoms with Crippen LogP contribution in [0.5, 0.6) is 0 Å². The van der Waals surface area contributed by atoms with Crippen LogP contribution in [-0.2, 0) is 10.8 Å². The van der Waals surface area contributed by atoms with E-state index >= 15 is 0 Å². The summed E-state index contributed by atoms with van der Waals surface area (Å²) in [4.78, 5) is 7.38. The van der Waals surface area contributed by atoms with Crippen LogP contribution < -0.4 is 14.7 Å². The Labute approximate surface area is 385 Å². The number of anilines is 8. The van der Waals surface area contributed by atoms with Gasteiger partial charge in [-0.1, -0.05) is 155 Å². The zero-order chi connectivity index (χ0) is 43.9. The summed E-state index contributed by atoms with van der Waals surface area (Å²) in [6.45, 7) is 10.3. The number of para-hydroxylation sites is 6. The van der Waals surface area contributed by atoms with E-state index in [1.807, 2.05) is 0 Å². The summed E-state index contributed by atoms with van der Waals surface area (Å²) < 4.78 is 0. The lowest BCUT2D eigenvalue weighted by Gasteiger charge is -2.40. The standard InChI is InChI=1S/C62H55N3/c1-5-37-63(56-20-10-9-17-42(56)2)46-29-33-51-50-32-28-44(39-54(50)62(55(51)40-46)35-15-16-36-62)26-25-43-27-31-48-49-34-30-47(41-53(49)61(3,4)52(48)38-43)65-59-23-13-11-21-57(59)64(45-18-7-6-8-19-45)58-22-12-14-24-60(58)65/h6-14,17-34,38-41H,5,15-16,35-37H2,1-4H3/b26-25+. The smallest absolute Gasteiger partial charge is 0.0703 e. The van der Waals surface area contributed by atoms with Gasteiger partial charge in [0.15, 0.2) is 0 Å². The summed E-state index contributed by atoms with van der Waals surface area (Å²) in [6.07, 6.45) is 10.8. The van der Waals surface area contributed by atoms with Crippen LogP contribution in [0.4, 0.5) is 45.5 Å². The first-order valence-corrected chi connectivity index (χ1v) is 23.8. The molecule has 1 aliphatic heterocycles. The fourth-order valence-corrected chi connectivity index (χ4v) is 12.0. The van der Waals surface area contributed by atoms with Gasteiger partial charge in [0, 0.05) is 40.1 Å². The molecule has 0 amide bonds. The maximum Gasteiger partial charge on any atom is 0.0703 e. The van der Waals surface area contributed by atoms with Crippen LogP contribution in [0.3, 0.4) is 0 Å². The molecule has 1 spiro atoms. The monoisotopic (exact) mass is 841 g/mol. The van der Waals surface area contributed by atoms with Crippen LogP contribution in [0.25, 0.3) is 34.4 Å². The van der Waals surface area contributed by atoms with Gasteiger partial charge < -0.3 is 14.7 Å². The molecule has 0 N–H and O–H groups in total. The van der Waals surface area contributed by atoms with Gasteiger partial charge >= 0.3 is 0 Å². The van der Waals surface area contributed by atoms with Gasteiger partial charge in [0.05, 0.1) is 22.7 Å². The van der Waals surface area contributed by atoms with Gasteiger partial charge in [-0.25, -0.2) is 0 Å². The minimum Gasteiger partial charge on any atom is -0.341 e. The molecule has 3 nitrogen and oxygen atoms in total. The Hall–Kier alpha value is -7.10. The molecule has 0 radical (unpaired) electrons. The normalized spacial score (nSPS) is 15.7. The maximum absolute atomic E-state index is 2.55. The van der Waals surface area contributed by atoms with E-state index in [0.29, 0.717) is 0 Å². The van der Waals surface area contributed by atoms with Gasteiger partial charge in [-0.05, 0) is 154 Å². The second-order valence-corrected chi connectivity index (χ2v) is 19.2. The molecule has 0 atom stereocenters. The lowest BCUT2D eigenvalue weighted by atomic mass is 9.76. The molecule has 4 aliphatic rings. The molecule has 0 aromatic heterocycles. The molecule has 12 rings (SSSR count). The summed E-state index contributed by atoms with van der Waals surface area (Å²) in [7, 11) is 0. The minimum atomic E-state index is -0.172. The third-order valence-corrected chi connectivity index (χ3v) is 15.1. The number of nitrogens with zero attached hydrogens (tertiary/aromatic N) is 3. The molecule has 3 aliphatic carbocycles. The summed E-state index contributed by atoms with van der Waals surface area (Å²) >= 11 is 0. The van der Waals surface area contributed by atoms with Crippen LogP contribution in [-0.4, -0.2) is 6.54 Å². The summed E-state index contributed by atoms with van der Waals surface area (Å²) in [5, 5.41) is 0. The van der Waals surface area contributed by atoms with Gasteiger partial charge in [0.2, 0.25) is 0 Å². The second kappa shape index (κ2) is 15.3. The highest BCUT2D eigenvalue weighted by Gasteiger charge is 2.45. The highest BCUT2D eigenvalue weighted by Crippen LogP contribution is 2.59. The quantitative estimate of drug-likeness (QED) is 0.141. The van der Waals surface area contributed by atoms with Crippen LogP contribution in [0.2, 0.25) is 0 Å². The van der Waals surface area contributed by atoms with Gasteiger partial charge in [-0.2, -0.15) is 0 Å². The zero-order valence-electron chi connectivity index (χ0n) is 38.0. The predicted molar refractivity (Wildman–Crippen MR) is 275 cm³/mol. The Bertz CT molecular complexity index is 3140. The van der Waals surface area contributed by atoms with Gasteiger partial charge in [-0.3, -0.25) is 0 Å². The van der Waals surface area contributed by atoms with E-state index in [0.717, 1.165) is 18.7 Å². The average molecular weight is 842 g/mol. The van der Waals surface area contributed by atoms with E-state index in [1.54, 1.807) is 0 Å². The molecule has 0 unspecified atom stereocenters. The van der Waals surface area contributed by atoms with Crippen molar-refractivity contribution in [3.8, 4) is 22.3 Å². The summed E-state index contributed by atoms with van der Waals surface area (Å²) in [6, 6.07) is 66.0. The predicted octanol–water partition coefficient (Wildman–Crippen LogP) is 17.1. The van der Waals surface area contributed by atoms with Crippen molar-refractivity contribution in [2.75, 3.05) is 21.2 Å². The van der Waals surface area contributed by atoms with Crippen molar-refractivity contribution in [3.63, 3.8) is 0 Å². The maximum atomic E-state index is 2.55. The Morgan fingerprint density at radius 1 is 0.492 bits per heavy atom. The van der Waals surface area contributed by atoms with Crippen molar-refractivity contribution < 1.29 is 0 Å². The van der Waals surface area contributed by atoms with Crippen molar-refractivity contribution in [1.29, 1.82) is 0 Å². The summed E-state index contributed by atoms with van der Waals surface area (Å²) in [5.41, 5.74) is 24.7. The second-order valence-electron chi connectivity index (χ2n) is 19.2. The fourth-order valence-electron chi connectivity index (χ4n) is 12.0. The number of fused-ring (bicyclic) bond motifs is 10. The molecular formula is C62H55N3. The van der Waals surface area contributed by atoms with Gasteiger partial charge in [0.25, 0.3) is 0 Å². The van der Waals surface area contributed by atoms with Crippen molar-refractivity contribution in [1.82, 2.24) is 0 Å². The molecule has 0 bridgehead atoms. The molecule has 318 valence electrons. The first-order valence-electron chi connectivity index (χ1n) is 23.8. The molecular weight excluding hydrogens is 787 g/mol. The molecule has 8 aromatic carbocycles. The highest BCUT2D eigenvalue weighted by molar-refractivity contribution is 6.02. The van der Waals surface area contributed by atoms with E-state index in [4.69, 9.17) is 0 Å². The Morgan fingerprint density at radius 3 is 1.60 bits per heavy atom. The van der Waals surface area contributed by atoms with Crippen LogP contribution in [0.15, 0.2) is 176 Å². The molecule has 65 heavy (non-hydrogen) atoms. The first kappa shape index (κ1) is 39.5. The van der Waals surface area contributed by atoms with Crippen LogP contribution in [0.1, 0.15) is 91.8 Å². The van der Waals surface area contributed by atoms with E-state index in [2.05, 4.69) is 230 Å². The number of hydrogen-bond donors (Lipinski definition) is 0. The van der Waals surface area contributed by atoms with Crippen LogP contribution >= 0.6 is 0 Å². The third-order valence-electron chi connectivity index (χ3n) is 15.1. The van der Waals surface area contributed by atoms with Crippen molar-refractivity contribution in [2.24, 2.45) is 0 Å². The topological polar surface area (TPSA) is 9.72 Å². The van der Waals surface area contributed by atoms with E-state index < -0.39 is 0 Å². The lowest BCUT2D eigenvalue weighted by molar-refractivity contribution is 0.550. The number of benzene rings is 8. The number of aryl methyl sites for hydroxylation is 1. The SMILES string of the molecule is CCCN(c1ccc2c(c1)C1(CCCC1)c1cc(/C=C/c3ccc4c(c3)C(C)(C)c3cc(N5c6ccccc6N(c6ccccc6)c6ccccc65)ccc3-4)ccc1-2)c1ccccc1C. The minimum absolute atomic E-state index is 0.0794. The van der Waals surface area contributed by atoms with E-state index in [9.17, 15) is 0 Å². The number of rotatable bonds is 8. The summed E-state index contributed by atoms with van der Waals surface area (Å²) in [5.74, 6) is 0. The lowest BCUT2D eigenvalue weighted by Crippen LogP contribution is -2.24. The zero-order valence-corrected chi connectivity index (χ0v) is 38.0. The molecule has 3 heteroatoms. The fraction of sp³-hybridized carbons (Fsp3) is 0.194. The Balaban J connectivity index is 0.855. The van der Waals surface area contributed by atoms with E-state index in [-0.39, 0.29) is 10.8 Å². The molecule has 1 saturated carbocycles.